The Kier molecular flexibility index (Phi) is 7.14. The Labute approximate surface area is 229 Å². The quantitative estimate of drug-likeness (QED) is 0.233. The number of nitrogens with zero attached hydrogens (tertiary/aromatic N) is 1. The van der Waals surface area contributed by atoms with Gasteiger partial charge >= 0.3 is 6.09 Å². The molecule has 0 heterocycles. The zero-order valence-corrected chi connectivity index (χ0v) is 22.8. The van der Waals surface area contributed by atoms with Gasteiger partial charge in [-0.15, -0.1) is 0 Å². The Morgan fingerprint density at radius 2 is 1.77 bits per heavy atom. The van der Waals surface area contributed by atoms with Gasteiger partial charge in [-0.3, -0.25) is 34.2 Å². The van der Waals surface area contributed by atoms with Gasteiger partial charge in [-0.25, -0.2) is 4.79 Å². The number of Topliss-reactive ketones (excluding diaryl/α,β-unsaturated/α-hetero) is 4. The van der Waals surface area contributed by atoms with Crippen LogP contribution in [0.3, 0.4) is 0 Å². The van der Waals surface area contributed by atoms with Gasteiger partial charge in [0.15, 0.2) is 34.7 Å². The Balaban J connectivity index is 1.76. The average molecular weight is 560 g/mol. The molecule has 4 rings (SSSR count). The van der Waals surface area contributed by atoms with E-state index >= 15 is 0 Å². The number of aromatic hydroxyl groups is 1. The van der Waals surface area contributed by atoms with Crippen LogP contribution < -0.4 is 11.1 Å². The predicted molar refractivity (Wildman–Crippen MR) is 137 cm³/mol. The maximum atomic E-state index is 13.8. The van der Waals surface area contributed by atoms with E-state index in [1.807, 2.05) is 20.8 Å². The number of nitrogens with one attached hydrogen (secondary N) is 1. The summed E-state index contributed by atoms with van der Waals surface area (Å²) in [4.78, 5) is 79.6. The number of amides is 2. The maximum absolute atomic E-state index is 13.8. The molecule has 2 saturated carbocycles. The number of nitrogens with two attached hydrogens (primary N) is 1. The normalized spacial score (nSPS) is 31.8. The van der Waals surface area contributed by atoms with E-state index in [1.54, 1.807) is 0 Å². The molecule has 0 spiro atoms. The summed E-state index contributed by atoms with van der Waals surface area (Å²) in [5.41, 5.74) is 1.63. The Morgan fingerprint density at radius 1 is 1.15 bits per heavy atom. The lowest BCUT2D eigenvalue weighted by atomic mass is 9.51. The van der Waals surface area contributed by atoms with Crippen LogP contribution in [-0.4, -0.2) is 93.8 Å². The van der Waals surface area contributed by atoms with Crippen LogP contribution in [0, 0.1) is 29.1 Å². The van der Waals surface area contributed by atoms with Gasteiger partial charge in [0, 0.05) is 5.92 Å². The first-order valence-electron chi connectivity index (χ1n) is 12.7. The summed E-state index contributed by atoms with van der Waals surface area (Å²) < 4.78 is 5.13. The lowest BCUT2D eigenvalue weighted by Crippen LogP contribution is -2.77. The van der Waals surface area contributed by atoms with Crippen molar-refractivity contribution < 1.29 is 48.8 Å². The Bertz CT molecular complexity index is 1330. The summed E-state index contributed by atoms with van der Waals surface area (Å²) >= 11 is 0. The smallest absolute Gasteiger partial charge is 0.411 e. The van der Waals surface area contributed by atoms with Crippen LogP contribution >= 0.6 is 0 Å². The monoisotopic (exact) mass is 559 g/mol. The van der Waals surface area contributed by atoms with Crippen molar-refractivity contribution in [2.24, 2.45) is 34.8 Å². The van der Waals surface area contributed by atoms with Crippen molar-refractivity contribution >= 4 is 40.8 Å². The van der Waals surface area contributed by atoms with Crippen LogP contribution in [0.4, 0.5) is 10.5 Å². The zero-order chi connectivity index (χ0) is 30.1. The fourth-order valence-corrected chi connectivity index (χ4v) is 6.12. The average Bonchev–Trinajstić information content (AvgIpc) is 2.83. The van der Waals surface area contributed by atoms with Crippen LogP contribution in [0.5, 0.6) is 5.75 Å². The van der Waals surface area contributed by atoms with E-state index < -0.39 is 82.3 Å². The molecule has 13 heteroatoms. The van der Waals surface area contributed by atoms with E-state index in [9.17, 15) is 44.1 Å². The van der Waals surface area contributed by atoms with Crippen LogP contribution in [-0.2, 0) is 30.3 Å². The number of ether oxygens (including phenoxy) is 1. The van der Waals surface area contributed by atoms with Gasteiger partial charge in [0.05, 0.1) is 41.8 Å². The first-order chi connectivity index (χ1) is 18.4. The van der Waals surface area contributed by atoms with Gasteiger partial charge in [-0.2, -0.15) is 0 Å². The molecule has 3 aliphatic carbocycles. The number of carbonyl (C=O) groups is 6. The second kappa shape index (κ2) is 9.75. The molecule has 7 atom stereocenters. The number of phenolic OH excluding ortho intramolecular Hbond substituents is 1. The number of aliphatic hydroxyl groups excluding tert-OH is 1. The highest BCUT2D eigenvalue weighted by atomic mass is 16.5. The lowest BCUT2D eigenvalue weighted by molar-refractivity contribution is -0.195. The molecule has 2 unspecified atom stereocenters. The van der Waals surface area contributed by atoms with E-state index in [4.69, 9.17) is 10.5 Å². The molecule has 216 valence electrons. The number of carbonyl (C=O) groups excluding carboxylic acids is 6. The van der Waals surface area contributed by atoms with E-state index in [0.717, 1.165) is 0 Å². The van der Waals surface area contributed by atoms with Crippen LogP contribution in [0.15, 0.2) is 12.1 Å². The predicted octanol–water partition coefficient (Wildman–Crippen LogP) is -0.568. The van der Waals surface area contributed by atoms with Crippen molar-refractivity contribution in [2.45, 2.75) is 44.9 Å². The van der Waals surface area contributed by atoms with Gasteiger partial charge in [-0.1, -0.05) is 26.8 Å². The van der Waals surface area contributed by atoms with E-state index in [-0.39, 0.29) is 35.3 Å². The number of primary amides is 1. The SMILES string of the molecule is CN(C)[C@H]1C(=O)C(C(N)=O)C(=O)[C@]2(O)C(=O)C3C(=O)c4c(ccc(NC(=O)OCC(C)(C)C)c4O)C[C@@H]3[C@@H](O)[C@H]12. The third kappa shape index (κ3) is 4.38. The van der Waals surface area contributed by atoms with E-state index in [2.05, 4.69) is 5.32 Å². The molecule has 0 bridgehead atoms. The number of fused-ring (bicyclic) bond motifs is 3. The van der Waals surface area contributed by atoms with Gasteiger partial charge < -0.3 is 25.8 Å². The van der Waals surface area contributed by atoms with Crippen LogP contribution in [0.2, 0.25) is 0 Å². The maximum Gasteiger partial charge on any atom is 0.411 e. The minimum atomic E-state index is -3.07. The summed E-state index contributed by atoms with van der Waals surface area (Å²) in [5, 5.41) is 36.3. The Hall–Kier alpha value is -3.68. The molecule has 2 amide bonds. The second-order valence-electron chi connectivity index (χ2n) is 12.1. The lowest BCUT2D eigenvalue weighted by Gasteiger charge is -2.54. The minimum Gasteiger partial charge on any atom is -0.505 e. The molecular weight excluding hydrogens is 526 g/mol. The largest absolute Gasteiger partial charge is 0.505 e. The summed E-state index contributed by atoms with van der Waals surface area (Å²) in [6, 6.07) is 1.33. The molecule has 13 nitrogen and oxygen atoms in total. The third-order valence-electron chi connectivity index (χ3n) is 7.89. The Morgan fingerprint density at radius 3 is 2.33 bits per heavy atom. The van der Waals surface area contributed by atoms with Gasteiger partial charge in [0.2, 0.25) is 5.91 Å². The summed E-state index contributed by atoms with van der Waals surface area (Å²) in [5.74, 6) is -13.5. The summed E-state index contributed by atoms with van der Waals surface area (Å²) in [6.45, 7) is 5.60. The summed E-state index contributed by atoms with van der Waals surface area (Å²) in [7, 11) is 2.83. The third-order valence-corrected chi connectivity index (χ3v) is 7.89. The van der Waals surface area contributed by atoms with Gasteiger partial charge in [0.1, 0.15) is 5.75 Å². The minimum absolute atomic E-state index is 0.0656. The number of anilines is 1. The summed E-state index contributed by atoms with van der Waals surface area (Å²) in [6.07, 6.45) is -2.72. The zero-order valence-electron chi connectivity index (χ0n) is 22.8. The number of hydrogen-bond acceptors (Lipinski definition) is 11. The number of likely N-dealkylation sites (N-methyl/N-ethyl adjacent to an activating group) is 1. The molecule has 0 saturated heterocycles. The second-order valence-corrected chi connectivity index (χ2v) is 12.1. The van der Waals surface area contributed by atoms with Crippen molar-refractivity contribution in [1.82, 2.24) is 4.90 Å². The van der Waals surface area contributed by atoms with E-state index in [1.165, 1.54) is 31.1 Å². The van der Waals surface area contributed by atoms with Crippen molar-refractivity contribution in [3.8, 4) is 5.75 Å². The number of ketones is 4. The molecule has 6 N–H and O–H groups in total. The molecule has 1 aromatic carbocycles. The van der Waals surface area contributed by atoms with Crippen molar-refractivity contribution in [3.05, 3.63) is 23.3 Å². The number of aliphatic hydroxyl groups is 2. The highest BCUT2D eigenvalue weighted by molar-refractivity contribution is 6.32. The molecule has 0 aromatic heterocycles. The number of phenols is 1. The first kappa shape index (κ1) is 29.3. The highest BCUT2D eigenvalue weighted by Crippen LogP contribution is 2.51. The van der Waals surface area contributed by atoms with Gasteiger partial charge in [-0.05, 0) is 37.6 Å². The molecule has 0 aliphatic heterocycles. The first-order valence-corrected chi connectivity index (χ1v) is 12.7. The van der Waals surface area contributed by atoms with Crippen LogP contribution in [0.25, 0.3) is 0 Å². The van der Waals surface area contributed by atoms with E-state index in [0.29, 0.717) is 0 Å². The molecule has 40 heavy (non-hydrogen) atoms. The molecule has 1 aromatic rings. The molecule has 3 aliphatic rings. The molecule has 0 radical (unpaired) electrons. The highest BCUT2D eigenvalue weighted by Gasteiger charge is 2.72. The number of hydrogen-bond donors (Lipinski definition) is 5. The van der Waals surface area contributed by atoms with Crippen LogP contribution in [0.1, 0.15) is 36.7 Å². The number of rotatable bonds is 4. The topological polar surface area (TPSA) is 214 Å². The fraction of sp³-hybridized carbons (Fsp3) is 0.556. The van der Waals surface area contributed by atoms with Gasteiger partial charge in [0.25, 0.3) is 0 Å². The van der Waals surface area contributed by atoms with Crippen molar-refractivity contribution in [3.63, 3.8) is 0 Å². The molecule has 2 fully saturated rings. The number of benzene rings is 1. The van der Waals surface area contributed by atoms with Crippen molar-refractivity contribution in [1.29, 1.82) is 0 Å². The fourth-order valence-electron chi connectivity index (χ4n) is 6.12. The van der Waals surface area contributed by atoms with Crippen molar-refractivity contribution in [2.75, 3.05) is 26.0 Å². The molecular formula is C27H33N3O10. The standard InChI is InChI=1S/C27H33N3O10/c1-26(2,3)9-40-25(38)29-12-7-6-10-8-11-14(20(33)13(10)19(12)32)22(35)27(39)16(18(11)31)17(30(4)5)21(34)15(23(27)36)24(28)37/h6-7,11,14-18,31-32,39H,8-9H2,1-5H3,(H2,28,37)(H,29,38)/t11-,14?,15?,16-,17+,18+,27+/m0/s1.